The lowest BCUT2D eigenvalue weighted by Gasteiger charge is -2.32. The molecule has 0 bridgehead atoms. The summed E-state index contributed by atoms with van der Waals surface area (Å²) in [6.45, 7) is 2.21. The van der Waals surface area contributed by atoms with E-state index in [9.17, 15) is 9.90 Å². The van der Waals surface area contributed by atoms with Crippen LogP contribution in [0.25, 0.3) is 10.8 Å². The van der Waals surface area contributed by atoms with E-state index in [2.05, 4.69) is 12.2 Å². The van der Waals surface area contributed by atoms with Crippen molar-refractivity contribution in [2.75, 3.05) is 5.32 Å². The summed E-state index contributed by atoms with van der Waals surface area (Å²) in [5.74, 6) is -0.132. The van der Waals surface area contributed by atoms with Crippen molar-refractivity contribution in [1.82, 2.24) is 0 Å². The van der Waals surface area contributed by atoms with Crippen molar-refractivity contribution in [1.29, 1.82) is 0 Å². The molecule has 0 heterocycles. The molecule has 3 rings (SSSR count). The van der Waals surface area contributed by atoms with Crippen LogP contribution in [-0.2, 0) is 0 Å². The van der Waals surface area contributed by atoms with E-state index in [1.807, 2.05) is 30.3 Å². The van der Waals surface area contributed by atoms with Crippen molar-refractivity contribution in [3.63, 3.8) is 0 Å². The van der Waals surface area contributed by atoms with Gasteiger partial charge in [0.1, 0.15) is 0 Å². The summed E-state index contributed by atoms with van der Waals surface area (Å²) in [4.78, 5) is 11.3. The minimum absolute atomic E-state index is 0.363. The third-order valence-electron chi connectivity index (χ3n) is 4.39. The normalized spacial score (nSPS) is 16.6. The van der Waals surface area contributed by atoms with E-state index in [1.165, 1.54) is 19.3 Å². The molecule has 0 saturated heterocycles. The second-order valence-electron chi connectivity index (χ2n) is 5.64. The van der Waals surface area contributed by atoms with Crippen molar-refractivity contribution in [2.24, 2.45) is 5.92 Å². The molecule has 2 aromatic carbocycles. The van der Waals surface area contributed by atoms with Crippen LogP contribution in [0.5, 0.6) is 0 Å². The Morgan fingerprint density at radius 2 is 1.90 bits per heavy atom. The molecule has 104 valence electrons. The van der Waals surface area contributed by atoms with Crippen LogP contribution in [0.4, 0.5) is 5.69 Å². The van der Waals surface area contributed by atoms with E-state index in [1.54, 1.807) is 6.07 Å². The lowest BCUT2D eigenvalue weighted by atomic mass is 9.80. The Morgan fingerprint density at radius 1 is 1.20 bits per heavy atom. The topological polar surface area (TPSA) is 49.3 Å². The fourth-order valence-corrected chi connectivity index (χ4v) is 2.91. The highest BCUT2D eigenvalue weighted by Gasteiger charge is 2.24. The number of nitrogens with one attached hydrogen (secondary N) is 1. The highest BCUT2D eigenvalue weighted by Crippen LogP contribution is 2.33. The van der Waals surface area contributed by atoms with Crippen LogP contribution in [0, 0.1) is 5.92 Å². The van der Waals surface area contributed by atoms with Gasteiger partial charge in [-0.15, -0.1) is 0 Å². The average Bonchev–Trinajstić information content (AvgIpc) is 2.36. The first-order valence-electron chi connectivity index (χ1n) is 7.18. The third kappa shape index (κ3) is 2.24. The van der Waals surface area contributed by atoms with Gasteiger partial charge in [-0.05, 0) is 43.2 Å². The van der Waals surface area contributed by atoms with Crippen LogP contribution in [0.2, 0.25) is 0 Å². The van der Waals surface area contributed by atoms with Gasteiger partial charge in [0.25, 0.3) is 0 Å². The monoisotopic (exact) mass is 269 g/mol. The number of carboxylic acids is 1. The predicted molar refractivity (Wildman–Crippen MR) is 81.3 cm³/mol. The number of anilines is 1. The zero-order valence-electron chi connectivity index (χ0n) is 11.6. The van der Waals surface area contributed by atoms with Crippen LogP contribution in [0.1, 0.15) is 36.5 Å². The number of benzene rings is 2. The third-order valence-corrected chi connectivity index (χ3v) is 4.39. The first-order valence-corrected chi connectivity index (χ1v) is 7.18. The summed E-state index contributed by atoms with van der Waals surface area (Å²) in [6.07, 6.45) is 3.91. The lowest BCUT2D eigenvalue weighted by Crippen LogP contribution is -2.30. The Bertz CT molecular complexity index is 646. The zero-order valence-corrected chi connectivity index (χ0v) is 11.6. The van der Waals surface area contributed by atoms with Gasteiger partial charge in [-0.25, -0.2) is 4.79 Å². The first kappa shape index (κ1) is 13.0. The minimum Gasteiger partial charge on any atom is -0.478 e. The standard InChI is InChI=1S/C17H19NO2/c1-11(12-5-4-6-12)18-16-10-9-15(17(19)20)13-7-2-3-8-14(13)16/h2-3,7-12,18H,4-6H2,1H3,(H,19,20). The maximum absolute atomic E-state index is 11.3. The quantitative estimate of drug-likeness (QED) is 0.877. The molecule has 0 aromatic heterocycles. The van der Waals surface area contributed by atoms with Crippen molar-refractivity contribution in [3.05, 3.63) is 42.0 Å². The Balaban J connectivity index is 1.99. The van der Waals surface area contributed by atoms with E-state index < -0.39 is 5.97 Å². The van der Waals surface area contributed by atoms with Gasteiger partial charge in [0.05, 0.1) is 5.56 Å². The van der Waals surface area contributed by atoms with E-state index in [4.69, 9.17) is 0 Å². The SMILES string of the molecule is CC(Nc1ccc(C(=O)O)c2ccccc12)C1CCC1. The highest BCUT2D eigenvalue weighted by molar-refractivity contribution is 6.07. The molecule has 2 aromatic rings. The Labute approximate surface area is 118 Å². The summed E-state index contributed by atoms with van der Waals surface area (Å²) in [7, 11) is 0. The van der Waals surface area contributed by atoms with Crippen molar-refractivity contribution >= 4 is 22.4 Å². The number of hydrogen-bond acceptors (Lipinski definition) is 2. The van der Waals surface area contributed by atoms with Crippen LogP contribution >= 0.6 is 0 Å². The molecule has 1 saturated carbocycles. The Kier molecular flexibility index (Phi) is 3.35. The van der Waals surface area contributed by atoms with E-state index in [-0.39, 0.29) is 0 Å². The number of fused-ring (bicyclic) bond motifs is 1. The summed E-state index contributed by atoms with van der Waals surface area (Å²) in [6, 6.07) is 11.7. The molecule has 1 fully saturated rings. The molecule has 20 heavy (non-hydrogen) atoms. The number of hydrogen-bond donors (Lipinski definition) is 2. The van der Waals surface area contributed by atoms with Crippen LogP contribution in [-0.4, -0.2) is 17.1 Å². The molecule has 1 aliphatic carbocycles. The van der Waals surface area contributed by atoms with E-state index in [0.29, 0.717) is 11.6 Å². The predicted octanol–water partition coefficient (Wildman–Crippen LogP) is 4.14. The maximum Gasteiger partial charge on any atom is 0.336 e. The van der Waals surface area contributed by atoms with Gasteiger partial charge in [0.15, 0.2) is 0 Å². The van der Waals surface area contributed by atoms with Gasteiger partial charge in [-0.2, -0.15) is 0 Å². The molecular formula is C17H19NO2. The smallest absolute Gasteiger partial charge is 0.336 e. The first-order chi connectivity index (χ1) is 9.66. The fraction of sp³-hybridized carbons (Fsp3) is 0.353. The van der Waals surface area contributed by atoms with Gasteiger partial charge in [0, 0.05) is 17.1 Å². The Hall–Kier alpha value is -2.03. The number of carbonyl (C=O) groups is 1. The number of aromatic carboxylic acids is 1. The summed E-state index contributed by atoms with van der Waals surface area (Å²) >= 11 is 0. The van der Waals surface area contributed by atoms with E-state index in [0.717, 1.165) is 22.4 Å². The molecule has 0 radical (unpaired) electrons. The van der Waals surface area contributed by atoms with Crippen LogP contribution < -0.4 is 5.32 Å². The van der Waals surface area contributed by atoms with Gasteiger partial charge < -0.3 is 10.4 Å². The van der Waals surface area contributed by atoms with Crippen molar-refractivity contribution in [2.45, 2.75) is 32.2 Å². The summed E-state index contributed by atoms with van der Waals surface area (Å²) in [5.41, 5.74) is 1.40. The molecule has 3 nitrogen and oxygen atoms in total. The molecule has 1 aliphatic rings. The van der Waals surface area contributed by atoms with Gasteiger partial charge in [0.2, 0.25) is 0 Å². The van der Waals surface area contributed by atoms with Crippen molar-refractivity contribution < 1.29 is 9.90 Å². The lowest BCUT2D eigenvalue weighted by molar-refractivity contribution is 0.0699. The van der Waals surface area contributed by atoms with Gasteiger partial charge >= 0.3 is 5.97 Å². The fourth-order valence-electron chi connectivity index (χ4n) is 2.91. The molecule has 2 N–H and O–H groups in total. The average molecular weight is 269 g/mol. The molecule has 1 unspecified atom stereocenters. The second-order valence-corrected chi connectivity index (χ2v) is 5.64. The highest BCUT2D eigenvalue weighted by atomic mass is 16.4. The van der Waals surface area contributed by atoms with E-state index >= 15 is 0 Å². The molecule has 0 spiro atoms. The number of carboxylic acid groups (broad SMARTS) is 1. The number of rotatable bonds is 4. The molecular weight excluding hydrogens is 250 g/mol. The maximum atomic E-state index is 11.3. The van der Waals surface area contributed by atoms with Gasteiger partial charge in [-0.3, -0.25) is 0 Å². The summed E-state index contributed by atoms with van der Waals surface area (Å²) in [5, 5.41) is 14.6. The summed E-state index contributed by atoms with van der Waals surface area (Å²) < 4.78 is 0. The molecule has 0 aliphatic heterocycles. The largest absolute Gasteiger partial charge is 0.478 e. The molecule has 1 atom stereocenters. The van der Waals surface area contributed by atoms with Crippen LogP contribution in [0.15, 0.2) is 36.4 Å². The molecule has 3 heteroatoms. The minimum atomic E-state index is -0.875. The van der Waals surface area contributed by atoms with Crippen LogP contribution in [0.3, 0.4) is 0 Å². The van der Waals surface area contributed by atoms with Crippen molar-refractivity contribution in [3.8, 4) is 0 Å². The Morgan fingerprint density at radius 3 is 2.50 bits per heavy atom. The molecule has 0 amide bonds. The zero-order chi connectivity index (χ0) is 14.1. The second kappa shape index (κ2) is 5.16. The van der Waals surface area contributed by atoms with Gasteiger partial charge in [-0.1, -0.05) is 30.7 Å².